The topological polar surface area (TPSA) is 77.6 Å². The van der Waals surface area contributed by atoms with E-state index in [4.69, 9.17) is 5.73 Å². The number of thiophene rings is 1. The first-order chi connectivity index (χ1) is 9.11. The largest absolute Gasteiger partial charge is 0.368 e. The van der Waals surface area contributed by atoms with Gasteiger partial charge >= 0.3 is 0 Å². The van der Waals surface area contributed by atoms with Crippen molar-refractivity contribution in [1.82, 2.24) is 19.9 Å². The maximum absolute atomic E-state index is 5.74. The highest BCUT2D eigenvalue weighted by Gasteiger charge is 2.11. The number of anilines is 1. The number of nitrogens with two attached hydrogens (primary N) is 1. The third kappa shape index (κ3) is 2.52. The second kappa shape index (κ2) is 4.75. The van der Waals surface area contributed by atoms with Gasteiger partial charge in [0.15, 0.2) is 5.16 Å². The van der Waals surface area contributed by atoms with Crippen molar-refractivity contribution in [2.75, 3.05) is 5.73 Å². The third-order valence-corrected chi connectivity index (χ3v) is 4.29. The molecule has 0 aliphatic rings. The summed E-state index contributed by atoms with van der Waals surface area (Å²) in [5, 5.41) is 2.47. The molecule has 5 nitrogen and oxygen atoms in total. The minimum Gasteiger partial charge on any atom is -0.368 e. The molecule has 0 unspecified atom stereocenters. The van der Waals surface area contributed by atoms with Crippen LogP contribution in [-0.2, 0) is 0 Å². The molecule has 0 radical (unpaired) electrons. The fourth-order valence-electron chi connectivity index (χ4n) is 1.63. The minimum atomic E-state index is 0.281. The van der Waals surface area contributed by atoms with Gasteiger partial charge in [0.05, 0.1) is 0 Å². The van der Waals surface area contributed by atoms with E-state index in [-0.39, 0.29) is 5.95 Å². The van der Waals surface area contributed by atoms with Crippen LogP contribution in [0.25, 0.3) is 10.2 Å². The Labute approximate surface area is 118 Å². The van der Waals surface area contributed by atoms with Crippen LogP contribution >= 0.6 is 23.1 Å². The number of rotatable bonds is 2. The summed E-state index contributed by atoms with van der Waals surface area (Å²) in [5.74, 6) is 0.281. The van der Waals surface area contributed by atoms with Crippen molar-refractivity contribution in [3.63, 3.8) is 0 Å². The Kier molecular flexibility index (Phi) is 3.08. The molecule has 0 bridgehead atoms. The van der Waals surface area contributed by atoms with Crippen LogP contribution in [0.1, 0.15) is 10.4 Å². The number of fused-ring (bicyclic) bond motifs is 1. The number of hydrogen-bond donors (Lipinski definition) is 1. The lowest BCUT2D eigenvalue weighted by Gasteiger charge is -2.02. The van der Waals surface area contributed by atoms with Crippen LogP contribution in [0.4, 0.5) is 5.95 Å². The average molecular weight is 289 g/mol. The number of aryl methyl sites for hydroxylation is 2. The summed E-state index contributed by atoms with van der Waals surface area (Å²) < 4.78 is 0. The highest BCUT2D eigenvalue weighted by atomic mass is 32.2. The summed E-state index contributed by atoms with van der Waals surface area (Å²) in [6, 6.07) is 2.07. The molecule has 0 amide bonds. The number of hydrogen-bond acceptors (Lipinski definition) is 7. The van der Waals surface area contributed by atoms with E-state index >= 15 is 0 Å². The quantitative estimate of drug-likeness (QED) is 0.577. The van der Waals surface area contributed by atoms with E-state index in [2.05, 4.69) is 26.0 Å². The van der Waals surface area contributed by atoms with Crippen LogP contribution in [0, 0.1) is 13.8 Å². The van der Waals surface area contributed by atoms with Crippen molar-refractivity contribution in [3.05, 3.63) is 28.9 Å². The second-order valence-corrected chi connectivity index (χ2v) is 6.30. The summed E-state index contributed by atoms with van der Waals surface area (Å²) in [6.45, 7) is 4.00. The maximum atomic E-state index is 5.74. The first-order valence-corrected chi connectivity index (χ1v) is 7.25. The van der Waals surface area contributed by atoms with Crippen LogP contribution in [0.2, 0.25) is 0 Å². The van der Waals surface area contributed by atoms with Crippen LogP contribution < -0.4 is 5.73 Å². The van der Waals surface area contributed by atoms with E-state index in [0.29, 0.717) is 5.16 Å². The lowest BCUT2D eigenvalue weighted by molar-refractivity contribution is 0.946. The fourth-order valence-corrected chi connectivity index (χ4v) is 3.37. The smallest absolute Gasteiger partial charge is 0.222 e. The van der Waals surface area contributed by atoms with Crippen LogP contribution in [0.3, 0.4) is 0 Å². The molecule has 2 N–H and O–H groups in total. The molecule has 0 aliphatic heterocycles. The van der Waals surface area contributed by atoms with E-state index in [1.54, 1.807) is 23.7 Å². The van der Waals surface area contributed by atoms with Crippen molar-refractivity contribution in [2.24, 2.45) is 0 Å². The lowest BCUT2D eigenvalue weighted by Crippen LogP contribution is -1.96. The fraction of sp³-hybridized carbons (Fsp3) is 0.167. The highest BCUT2D eigenvalue weighted by Crippen LogP contribution is 2.33. The SMILES string of the molecule is Cc1cnc(Sc2nc(N)nc3sc(C)cc23)nc1. The van der Waals surface area contributed by atoms with Gasteiger partial charge < -0.3 is 5.73 Å². The molecule has 0 fully saturated rings. The zero-order chi connectivity index (χ0) is 13.4. The van der Waals surface area contributed by atoms with Crippen molar-refractivity contribution >= 4 is 39.3 Å². The molecular formula is C12H11N5S2. The zero-order valence-corrected chi connectivity index (χ0v) is 12.0. The molecule has 3 aromatic rings. The zero-order valence-electron chi connectivity index (χ0n) is 10.4. The van der Waals surface area contributed by atoms with E-state index in [0.717, 1.165) is 20.8 Å². The Morgan fingerprint density at radius 2 is 1.89 bits per heavy atom. The highest BCUT2D eigenvalue weighted by molar-refractivity contribution is 7.99. The predicted octanol–water partition coefficient (Wildman–Crippen LogP) is 2.83. The van der Waals surface area contributed by atoms with Gasteiger partial charge in [-0.05, 0) is 37.2 Å². The summed E-state index contributed by atoms with van der Waals surface area (Å²) in [6.07, 6.45) is 3.58. The van der Waals surface area contributed by atoms with Crippen LogP contribution in [0.5, 0.6) is 0 Å². The minimum absolute atomic E-state index is 0.281. The molecule has 0 saturated heterocycles. The summed E-state index contributed by atoms with van der Waals surface area (Å²) in [5.41, 5.74) is 6.77. The number of nitrogens with zero attached hydrogens (tertiary/aromatic N) is 4. The van der Waals surface area contributed by atoms with Crippen molar-refractivity contribution in [1.29, 1.82) is 0 Å². The molecule has 0 saturated carbocycles. The molecule has 0 aliphatic carbocycles. The molecule has 96 valence electrons. The Hall–Kier alpha value is -1.73. The van der Waals surface area contributed by atoms with Gasteiger partial charge in [-0.3, -0.25) is 0 Å². The number of aromatic nitrogens is 4. The van der Waals surface area contributed by atoms with Crippen molar-refractivity contribution in [2.45, 2.75) is 24.0 Å². The third-order valence-electron chi connectivity index (χ3n) is 2.44. The second-order valence-electron chi connectivity index (χ2n) is 4.11. The van der Waals surface area contributed by atoms with Crippen molar-refractivity contribution in [3.8, 4) is 0 Å². The van der Waals surface area contributed by atoms with Gasteiger partial charge in [-0.1, -0.05) is 0 Å². The van der Waals surface area contributed by atoms with Crippen molar-refractivity contribution < 1.29 is 0 Å². The van der Waals surface area contributed by atoms with E-state index in [1.165, 1.54) is 16.6 Å². The van der Waals surface area contributed by atoms with Crippen LogP contribution in [0.15, 0.2) is 28.6 Å². The van der Waals surface area contributed by atoms with Gasteiger partial charge in [-0.2, -0.15) is 0 Å². The predicted molar refractivity (Wildman–Crippen MR) is 77.5 cm³/mol. The Morgan fingerprint density at radius 3 is 2.63 bits per heavy atom. The van der Waals surface area contributed by atoms with Gasteiger partial charge in [0.1, 0.15) is 9.86 Å². The lowest BCUT2D eigenvalue weighted by atomic mass is 10.4. The normalized spacial score (nSPS) is 11.1. The Bertz CT molecular complexity index is 736. The molecular weight excluding hydrogens is 278 g/mol. The molecule has 19 heavy (non-hydrogen) atoms. The standard InChI is InChI=1S/C12H11N5S2/c1-6-4-14-12(15-5-6)19-10-8-3-7(2)18-9(8)16-11(13)17-10/h3-5H,1-2H3,(H2,13,16,17). The first kappa shape index (κ1) is 12.3. The van der Waals surface area contributed by atoms with Gasteiger partial charge in [0.25, 0.3) is 0 Å². The Balaban J connectivity index is 2.06. The van der Waals surface area contributed by atoms with Gasteiger partial charge in [0.2, 0.25) is 5.95 Å². The monoisotopic (exact) mass is 289 g/mol. The molecule has 0 atom stereocenters. The summed E-state index contributed by atoms with van der Waals surface area (Å²) >= 11 is 3.01. The molecule has 3 aromatic heterocycles. The van der Waals surface area contributed by atoms with Gasteiger partial charge in [0, 0.05) is 22.7 Å². The van der Waals surface area contributed by atoms with Gasteiger partial charge in [-0.15, -0.1) is 11.3 Å². The van der Waals surface area contributed by atoms with Gasteiger partial charge in [-0.25, -0.2) is 19.9 Å². The number of nitrogen functional groups attached to an aromatic ring is 1. The molecule has 0 spiro atoms. The average Bonchev–Trinajstić information content (AvgIpc) is 2.72. The van der Waals surface area contributed by atoms with E-state index in [1.807, 2.05) is 13.8 Å². The van der Waals surface area contributed by atoms with Crippen LogP contribution in [-0.4, -0.2) is 19.9 Å². The maximum Gasteiger partial charge on any atom is 0.222 e. The summed E-state index contributed by atoms with van der Waals surface area (Å²) in [7, 11) is 0. The molecule has 3 rings (SSSR count). The first-order valence-electron chi connectivity index (χ1n) is 5.62. The van der Waals surface area contributed by atoms with E-state index in [9.17, 15) is 0 Å². The molecule has 3 heterocycles. The molecule has 7 heteroatoms. The Morgan fingerprint density at radius 1 is 1.16 bits per heavy atom. The van der Waals surface area contributed by atoms with E-state index < -0.39 is 0 Å². The molecule has 0 aromatic carbocycles. The summed E-state index contributed by atoms with van der Waals surface area (Å²) in [4.78, 5) is 19.2.